The minimum Gasteiger partial charge on any atom is -0.356 e. The van der Waals surface area contributed by atoms with Crippen molar-refractivity contribution in [2.24, 2.45) is 0 Å². The number of carbonyl (C=O) groups is 1. The number of epoxide rings is 1. The van der Waals surface area contributed by atoms with Crippen LogP contribution >= 0.6 is 0 Å². The number of Topliss-reactive ketones (excluding diaryl/α,β-unsaturated/α-hetero) is 1. The highest BCUT2D eigenvalue weighted by Gasteiger charge is 2.45. The summed E-state index contributed by atoms with van der Waals surface area (Å²) in [5, 5.41) is 8.74. The molecule has 0 unspecified atom stereocenters. The Balaban J connectivity index is 1.74. The van der Waals surface area contributed by atoms with Crippen molar-refractivity contribution in [3.63, 3.8) is 0 Å². The Kier molecular flexibility index (Phi) is 2.86. The van der Waals surface area contributed by atoms with E-state index in [2.05, 4.69) is 6.07 Å². The first-order valence-corrected chi connectivity index (χ1v) is 6.04. The quantitative estimate of drug-likeness (QED) is 0.620. The number of hydrogen-bond donors (Lipinski definition) is 0. The molecule has 0 N–H and O–H groups in total. The van der Waals surface area contributed by atoms with Gasteiger partial charge in [-0.3, -0.25) is 4.79 Å². The van der Waals surface area contributed by atoms with Crippen molar-refractivity contribution in [1.29, 1.82) is 5.26 Å². The molecular weight excluding hydrogens is 238 g/mol. The molecule has 1 fully saturated rings. The first kappa shape index (κ1) is 11.6. The predicted molar refractivity (Wildman–Crippen MR) is 69.5 cm³/mol. The van der Waals surface area contributed by atoms with E-state index in [0.717, 1.165) is 5.56 Å². The molecule has 2 aromatic rings. The van der Waals surface area contributed by atoms with E-state index in [9.17, 15) is 4.79 Å². The fourth-order valence-electron chi connectivity index (χ4n) is 2.08. The fourth-order valence-corrected chi connectivity index (χ4v) is 2.08. The molecule has 1 aliphatic rings. The number of ether oxygens (including phenoxy) is 1. The molecule has 0 radical (unpaired) electrons. The van der Waals surface area contributed by atoms with Gasteiger partial charge in [0.05, 0.1) is 11.6 Å². The molecule has 0 bridgehead atoms. The Hall–Kier alpha value is -2.44. The van der Waals surface area contributed by atoms with Crippen molar-refractivity contribution in [1.82, 2.24) is 0 Å². The Morgan fingerprint density at radius 1 is 1.05 bits per heavy atom. The predicted octanol–water partition coefficient (Wildman–Crippen LogP) is 2.88. The van der Waals surface area contributed by atoms with E-state index < -0.39 is 6.10 Å². The molecule has 2 aromatic carbocycles. The number of nitriles is 1. The number of benzene rings is 2. The molecule has 1 aliphatic heterocycles. The van der Waals surface area contributed by atoms with Crippen molar-refractivity contribution in [3.8, 4) is 6.07 Å². The largest absolute Gasteiger partial charge is 0.356 e. The lowest BCUT2D eigenvalue weighted by molar-refractivity contribution is 0.0953. The van der Waals surface area contributed by atoms with Crippen LogP contribution in [0.5, 0.6) is 0 Å². The van der Waals surface area contributed by atoms with Crippen LogP contribution in [0.3, 0.4) is 0 Å². The van der Waals surface area contributed by atoms with Gasteiger partial charge in [-0.25, -0.2) is 0 Å². The van der Waals surface area contributed by atoms with Crippen LogP contribution in [0.2, 0.25) is 0 Å². The first-order valence-electron chi connectivity index (χ1n) is 6.04. The second-order valence-corrected chi connectivity index (χ2v) is 4.44. The van der Waals surface area contributed by atoms with E-state index in [1.165, 1.54) is 0 Å². The molecule has 0 amide bonds. The van der Waals surface area contributed by atoms with Gasteiger partial charge in [-0.1, -0.05) is 42.5 Å². The van der Waals surface area contributed by atoms with Gasteiger partial charge in [-0.15, -0.1) is 0 Å². The van der Waals surface area contributed by atoms with Gasteiger partial charge in [-0.05, 0) is 17.7 Å². The van der Waals surface area contributed by atoms with E-state index in [1.807, 2.05) is 30.3 Å². The normalized spacial score (nSPS) is 20.6. The number of rotatable bonds is 3. The summed E-state index contributed by atoms with van der Waals surface area (Å²) in [4.78, 5) is 12.1. The zero-order chi connectivity index (χ0) is 13.2. The minimum atomic E-state index is -0.393. The van der Waals surface area contributed by atoms with E-state index in [1.54, 1.807) is 24.3 Å². The Morgan fingerprint density at radius 3 is 2.37 bits per heavy atom. The Labute approximate surface area is 111 Å². The average molecular weight is 249 g/mol. The third-order valence-corrected chi connectivity index (χ3v) is 3.18. The highest BCUT2D eigenvalue weighted by Crippen LogP contribution is 2.40. The molecule has 0 saturated carbocycles. The fraction of sp³-hybridized carbons (Fsp3) is 0.125. The minimum absolute atomic E-state index is 0.00922. The summed E-state index contributed by atoms with van der Waals surface area (Å²) in [5.41, 5.74) is 2.22. The highest BCUT2D eigenvalue weighted by atomic mass is 16.6. The zero-order valence-corrected chi connectivity index (χ0v) is 10.1. The molecule has 0 aliphatic carbocycles. The van der Waals surface area contributed by atoms with E-state index in [-0.39, 0.29) is 11.9 Å². The molecule has 3 heteroatoms. The number of nitrogens with zero attached hydrogens (tertiary/aromatic N) is 1. The topological polar surface area (TPSA) is 53.4 Å². The smallest absolute Gasteiger partial charge is 0.194 e. The van der Waals surface area contributed by atoms with Crippen LogP contribution in [0, 0.1) is 11.3 Å². The third-order valence-electron chi connectivity index (χ3n) is 3.18. The van der Waals surface area contributed by atoms with Crippen LogP contribution in [-0.2, 0) is 4.74 Å². The second kappa shape index (κ2) is 4.68. The Bertz CT molecular complexity index is 641. The summed E-state index contributed by atoms with van der Waals surface area (Å²) in [6.45, 7) is 0. The first-order chi connectivity index (χ1) is 9.29. The maximum absolute atomic E-state index is 12.1. The molecule has 0 spiro atoms. The maximum atomic E-state index is 12.1. The highest BCUT2D eigenvalue weighted by molar-refractivity contribution is 6.01. The lowest BCUT2D eigenvalue weighted by Gasteiger charge is -1.97. The molecule has 19 heavy (non-hydrogen) atoms. The number of hydrogen-bond acceptors (Lipinski definition) is 3. The van der Waals surface area contributed by atoms with Crippen molar-refractivity contribution >= 4 is 5.78 Å². The van der Waals surface area contributed by atoms with Crippen LogP contribution in [-0.4, -0.2) is 11.9 Å². The monoisotopic (exact) mass is 249 g/mol. The SMILES string of the molecule is N#Cc1ccc([C@@H]2O[C@H]2C(=O)c2ccccc2)cc1. The van der Waals surface area contributed by atoms with E-state index in [4.69, 9.17) is 10.00 Å². The molecule has 3 nitrogen and oxygen atoms in total. The van der Waals surface area contributed by atoms with E-state index in [0.29, 0.717) is 11.1 Å². The third kappa shape index (κ3) is 2.26. The average Bonchev–Trinajstić information content (AvgIpc) is 3.28. The van der Waals surface area contributed by atoms with Gasteiger partial charge in [0.15, 0.2) is 11.9 Å². The molecule has 2 atom stereocenters. The van der Waals surface area contributed by atoms with Crippen LogP contribution in [0.15, 0.2) is 54.6 Å². The summed E-state index contributed by atoms with van der Waals surface area (Å²) in [6, 6.07) is 18.3. The summed E-state index contributed by atoms with van der Waals surface area (Å²) in [5.74, 6) is 0.00922. The standard InChI is InChI=1S/C16H11NO2/c17-10-11-6-8-13(9-7-11)15-16(19-15)14(18)12-4-2-1-3-5-12/h1-9,15-16H/t15-,16-/m0/s1. The van der Waals surface area contributed by atoms with Crippen LogP contribution in [0.1, 0.15) is 27.6 Å². The molecule has 1 saturated heterocycles. The van der Waals surface area contributed by atoms with Crippen molar-refractivity contribution in [2.75, 3.05) is 0 Å². The lowest BCUT2D eigenvalue weighted by Crippen LogP contribution is -2.07. The molecule has 1 heterocycles. The van der Waals surface area contributed by atoms with Crippen molar-refractivity contribution in [3.05, 3.63) is 71.3 Å². The Morgan fingerprint density at radius 2 is 1.74 bits per heavy atom. The van der Waals surface area contributed by atoms with Crippen LogP contribution < -0.4 is 0 Å². The second-order valence-electron chi connectivity index (χ2n) is 4.44. The van der Waals surface area contributed by atoms with E-state index >= 15 is 0 Å². The van der Waals surface area contributed by atoms with Gasteiger partial charge >= 0.3 is 0 Å². The van der Waals surface area contributed by atoms with Gasteiger partial charge in [0.1, 0.15) is 6.10 Å². The maximum Gasteiger partial charge on any atom is 0.194 e. The molecule has 3 rings (SSSR count). The number of carbonyl (C=O) groups excluding carboxylic acids is 1. The van der Waals surface area contributed by atoms with Gasteiger partial charge < -0.3 is 4.74 Å². The van der Waals surface area contributed by atoms with Gasteiger partial charge in [0.2, 0.25) is 0 Å². The van der Waals surface area contributed by atoms with Crippen molar-refractivity contribution in [2.45, 2.75) is 12.2 Å². The molecule has 0 aromatic heterocycles. The van der Waals surface area contributed by atoms with Gasteiger partial charge in [0.25, 0.3) is 0 Å². The summed E-state index contributed by atoms with van der Waals surface area (Å²) < 4.78 is 5.46. The summed E-state index contributed by atoms with van der Waals surface area (Å²) in [7, 11) is 0. The van der Waals surface area contributed by atoms with Crippen LogP contribution in [0.4, 0.5) is 0 Å². The zero-order valence-electron chi connectivity index (χ0n) is 10.1. The van der Waals surface area contributed by atoms with Crippen LogP contribution in [0.25, 0.3) is 0 Å². The summed E-state index contributed by atoms with van der Waals surface area (Å²) in [6.07, 6.45) is -0.573. The van der Waals surface area contributed by atoms with Crippen molar-refractivity contribution < 1.29 is 9.53 Å². The molecular formula is C16H11NO2. The van der Waals surface area contributed by atoms with Gasteiger partial charge in [0, 0.05) is 5.56 Å². The lowest BCUT2D eigenvalue weighted by atomic mass is 10.0. The molecule has 92 valence electrons. The van der Waals surface area contributed by atoms with Gasteiger partial charge in [-0.2, -0.15) is 5.26 Å². The summed E-state index contributed by atoms with van der Waals surface area (Å²) >= 11 is 0. The number of ketones is 1.